The van der Waals surface area contributed by atoms with Crippen molar-refractivity contribution < 1.29 is 98.2 Å². The van der Waals surface area contributed by atoms with Crippen LogP contribution in [0.3, 0.4) is 0 Å². The van der Waals surface area contributed by atoms with Gasteiger partial charge in [0.15, 0.2) is 24.7 Å². The van der Waals surface area contributed by atoms with Gasteiger partial charge in [0, 0.05) is 22.3 Å². The molecule has 24 nitrogen and oxygen atoms in total. The zero-order valence-corrected chi connectivity index (χ0v) is 63.1. The Labute approximate surface area is 645 Å². The number of hydrogen-bond donors (Lipinski definition) is 8. The maximum absolute atomic E-state index is 12.6. The highest BCUT2D eigenvalue weighted by atomic mass is 16.6. The monoisotopic (exact) mass is 1520 g/mol. The first-order valence-electron chi connectivity index (χ1n) is 34.8. The number of fused-ring (bicyclic) bond motifs is 6. The highest BCUT2D eigenvalue weighted by Gasteiger charge is 2.28. The van der Waals surface area contributed by atoms with E-state index in [2.05, 4.69) is 60.2 Å². The van der Waals surface area contributed by atoms with E-state index < -0.39 is 83.4 Å². The first-order valence-corrected chi connectivity index (χ1v) is 34.8. The largest absolute Gasteiger partial charge is 0.595 e. The fraction of sp³-hybridized carbons (Fsp3) is 0.205. The number of aromatic carboxylic acids is 2. The molecule has 12 rings (SSSR count). The second-order valence-electron chi connectivity index (χ2n) is 27.1. The van der Waals surface area contributed by atoms with Crippen LogP contribution in [0, 0.1) is 13.8 Å². The Morgan fingerprint density at radius 3 is 0.955 bits per heavy atom. The van der Waals surface area contributed by atoms with Crippen molar-refractivity contribution in [2.75, 3.05) is 14.2 Å². The van der Waals surface area contributed by atoms with Gasteiger partial charge in [-0.15, -0.1) is 0 Å². The minimum atomic E-state index is -1.33. The normalized spacial score (nSPS) is 12.4. The van der Waals surface area contributed by atoms with Gasteiger partial charge in [0.1, 0.15) is 24.3 Å². The number of rotatable bonds is 16. The lowest BCUT2D eigenvalue weighted by Gasteiger charge is -2.30. The van der Waals surface area contributed by atoms with Crippen LogP contribution in [0.25, 0.3) is 64.6 Å². The number of aldehydes is 2. The van der Waals surface area contributed by atoms with Crippen molar-refractivity contribution in [2.45, 2.75) is 104 Å². The van der Waals surface area contributed by atoms with Crippen LogP contribution in [0.2, 0.25) is 0 Å². The molecule has 0 aliphatic carbocycles. The third-order valence-electron chi connectivity index (χ3n) is 17.3. The van der Waals surface area contributed by atoms with Crippen LogP contribution in [0.15, 0.2) is 228 Å². The van der Waals surface area contributed by atoms with E-state index in [0.29, 0.717) is 65.7 Å². The quantitative estimate of drug-likeness (QED) is 0.0193. The molecule has 0 spiro atoms. The molecule has 0 aliphatic rings. The number of carboxylic acid groups (broad SMARTS) is 4. The molecule has 112 heavy (non-hydrogen) atoms. The molecule has 0 amide bonds. The van der Waals surface area contributed by atoms with Crippen LogP contribution in [-0.4, -0.2) is 117 Å². The number of aliphatic hydroxyl groups excluding tert-OH is 2. The Kier molecular flexibility index (Phi) is 30.1. The van der Waals surface area contributed by atoms with Crippen molar-refractivity contribution in [1.29, 1.82) is 0 Å². The van der Waals surface area contributed by atoms with Crippen LogP contribution in [-0.2, 0) is 51.3 Å². The Balaban J connectivity index is 0.000000196. The van der Waals surface area contributed by atoms with E-state index >= 15 is 0 Å². The van der Waals surface area contributed by atoms with Crippen molar-refractivity contribution in [3.63, 3.8) is 0 Å². The molecule has 12 aromatic carbocycles. The zero-order chi connectivity index (χ0) is 82.3. The topological polar surface area (TPSA) is 418 Å². The summed E-state index contributed by atoms with van der Waals surface area (Å²) in [6, 6.07) is 59.0. The molecule has 10 N–H and O–H groups in total. The number of carbonyl (C=O) groups is 8. The van der Waals surface area contributed by atoms with Crippen molar-refractivity contribution in [3.8, 4) is 0 Å². The number of hydrogen-bond acceptors (Lipinski definition) is 20. The van der Waals surface area contributed by atoms with Gasteiger partial charge in [-0.05, 0) is 135 Å². The Bertz CT molecular complexity index is 5170. The van der Waals surface area contributed by atoms with Gasteiger partial charge < -0.3 is 71.3 Å². The molecule has 0 fully saturated rings. The number of aryl methyl sites for hydroxylation is 2. The van der Waals surface area contributed by atoms with Crippen molar-refractivity contribution in [1.82, 2.24) is 0 Å². The zero-order valence-electron chi connectivity index (χ0n) is 63.1. The van der Waals surface area contributed by atoms with Crippen LogP contribution < -0.4 is 21.7 Å². The summed E-state index contributed by atoms with van der Waals surface area (Å²) in [6.07, 6.45) is -0.259. The third-order valence-corrected chi connectivity index (χ3v) is 17.3. The van der Waals surface area contributed by atoms with Gasteiger partial charge in [-0.25, -0.2) is 29.2 Å². The predicted molar refractivity (Wildman–Crippen MR) is 425 cm³/mol. The minimum absolute atomic E-state index is 0.0340. The molecule has 24 heteroatoms. The first-order chi connectivity index (χ1) is 53.2. The highest BCUT2D eigenvalue weighted by molar-refractivity contribution is 6.11. The van der Waals surface area contributed by atoms with Crippen molar-refractivity contribution in [3.05, 3.63) is 285 Å². The minimum Gasteiger partial charge on any atom is -0.595 e. The van der Waals surface area contributed by atoms with Crippen LogP contribution >= 0.6 is 0 Å². The summed E-state index contributed by atoms with van der Waals surface area (Å²) in [6.45, 7) is 14.5. The number of benzene rings is 12. The summed E-state index contributed by atoms with van der Waals surface area (Å²) in [5, 5.41) is 88.5. The van der Waals surface area contributed by atoms with E-state index in [1.165, 1.54) is 60.4 Å². The van der Waals surface area contributed by atoms with Gasteiger partial charge in [0.25, 0.3) is 0 Å². The molecule has 0 radical (unpaired) electrons. The lowest BCUT2D eigenvalue weighted by atomic mass is 9.93. The van der Waals surface area contributed by atoms with Crippen molar-refractivity contribution in [2.24, 2.45) is 21.5 Å². The lowest BCUT2D eigenvalue weighted by Crippen LogP contribution is -2.33. The fourth-order valence-electron chi connectivity index (χ4n) is 12.1. The van der Waals surface area contributed by atoms with E-state index in [-0.39, 0.29) is 24.3 Å². The standard InChI is InChI=1S/C26H34N2O8.C14H14N2O4.C12H8O4.C12H12O2.C12H8O2.C12H12/c1-25(2,3)35-23(31)27-19(21(29)33-7)17-13-9-12-16-15(17)11-10-14-18(16)20(22(30)34-8)28-24(32)36-26(4,5)6;15-11(13(17)18)9-5-1-3-7-8(9)4-2-6-10(7)12(16)14(19)20;13-11(14)9-5-1-3-7-8(9)4-2-6-10(7)12(15)16;2*13-7-9-3-1-5-11-10(8-14)4-2-6-12(9)11;1-9-5-3-8-12-10(2)6-4-7-11(9)12/h9-14,19-20H,1-8H3,(H,27,31)(H,28,32);1-6,11-12H,15-16H2,(H,17,18)(H,19,20);1-6H,(H,13,14)(H,15,16);1-6,13-14H,7-8H2;1-8H;3-8H,1-2H3/p-2. The van der Waals surface area contributed by atoms with Crippen LogP contribution in [0.1, 0.15) is 152 Å². The van der Waals surface area contributed by atoms with E-state index in [0.717, 1.165) is 45.2 Å². The number of methoxy groups -OCH3 is 2. The predicted octanol–water partition coefficient (Wildman–Crippen LogP) is 13.3. The lowest BCUT2D eigenvalue weighted by molar-refractivity contribution is -0.262. The number of ether oxygens (including phenoxy) is 4. The second kappa shape index (κ2) is 39.2. The molecule has 0 aromatic heterocycles. The number of carbonyl (C=O) groups excluding carboxylic acids is 4. The van der Waals surface area contributed by atoms with Crippen LogP contribution in [0.4, 0.5) is 0 Å². The number of aliphatic carboxylic acids is 2. The van der Waals surface area contributed by atoms with Gasteiger partial charge in [0.05, 0.1) is 38.6 Å². The molecule has 0 saturated heterocycles. The number of aliphatic hydroxyl groups is 2. The Morgan fingerprint density at radius 1 is 0.384 bits per heavy atom. The second-order valence-corrected chi connectivity index (χ2v) is 27.1. The summed E-state index contributed by atoms with van der Waals surface area (Å²) < 4.78 is 20.3. The number of esters is 2. The summed E-state index contributed by atoms with van der Waals surface area (Å²) in [5.74, 6) is -5.97. The third kappa shape index (κ3) is 22.0. The average Bonchev–Trinajstić information content (AvgIpc) is 0.784. The molecule has 580 valence electrons. The summed E-state index contributed by atoms with van der Waals surface area (Å²) in [5.41, 5.74) is 17.2. The molecule has 0 saturated carbocycles. The molecular weight excluding hydrogens is 1430 g/mol. The van der Waals surface area contributed by atoms with Gasteiger partial charge in [-0.1, -0.05) is 248 Å². The smallest absolute Gasteiger partial charge is 0.336 e. The molecular formula is C88H86N4O20-2. The highest BCUT2D eigenvalue weighted by Crippen LogP contribution is 2.36. The van der Waals surface area contributed by atoms with Crippen molar-refractivity contribution >= 4 is 125 Å². The maximum Gasteiger partial charge on any atom is 0.336 e. The average molecular weight is 1520 g/mol. The molecule has 0 aliphatic heterocycles. The van der Waals surface area contributed by atoms with Crippen LogP contribution in [0.5, 0.6) is 0 Å². The van der Waals surface area contributed by atoms with E-state index in [9.17, 15) is 48.6 Å². The molecule has 12 aromatic rings. The van der Waals surface area contributed by atoms with E-state index in [4.69, 9.17) is 61.1 Å². The van der Waals surface area contributed by atoms with Gasteiger partial charge >= 0.3 is 35.8 Å². The molecule has 4 unspecified atom stereocenters. The van der Waals surface area contributed by atoms with E-state index in [1.54, 1.807) is 151 Å². The summed E-state index contributed by atoms with van der Waals surface area (Å²) in [4.78, 5) is 98.6. The maximum atomic E-state index is 12.6. The Hall–Kier alpha value is -13.3. The number of nitrogens with two attached hydrogens (primary N) is 2. The Morgan fingerprint density at radius 2 is 0.652 bits per heavy atom. The first kappa shape index (κ1) is 86.0. The summed E-state index contributed by atoms with van der Waals surface area (Å²) in [7, 11) is 2.37. The van der Waals surface area contributed by atoms with E-state index in [1.807, 2.05) is 48.5 Å². The molecule has 4 atom stereocenters. The molecule has 0 heterocycles. The summed E-state index contributed by atoms with van der Waals surface area (Å²) >= 11 is 0. The van der Waals surface area contributed by atoms with Gasteiger partial charge in [-0.2, -0.15) is 0 Å². The SMILES string of the molecule is COC(=O)C(N=C([O-])OC(C)(C)C)c1cccc2c(C(N=C([O-])OC(C)(C)C)C(=O)OC)cccc12.Cc1cccc2c(C)cccc12.NC(C(=O)O)c1cccc2c(C(N)C(=O)O)cccc12.O=C(O)c1cccc2c(C(=O)O)cccc12.O=Cc1cccc2c(C=O)cccc12.OCc1cccc2c(CO)cccc12. The molecule has 0 bridgehead atoms. The number of carboxylic acids is 4. The van der Waals surface area contributed by atoms with Gasteiger partial charge in [0.2, 0.25) is 0 Å². The number of nitrogens with zero attached hydrogens (tertiary/aromatic N) is 2. The van der Waals surface area contributed by atoms with Gasteiger partial charge in [-0.3, -0.25) is 19.2 Å². The number of aliphatic imine (C=N–C) groups is 2. The fourth-order valence-corrected chi connectivity index (χ4v) is 12.1.